The number of aryl methyl sites for hydroxylation is 1. The van der Waals surface area contributed by atoms with Gasteiger partial charge < -0.3 is 10.1 Å². The summed E-state index contributed by atoms with van der Waals surface area (Å²) in [7, 11) is 0. The summed E-state index contributed by atoms with van der Waals surface area (Å²) >= 11 is 5.71. The Kier molecular flexibility index (Phi) is 4.03. The van der Waals surface area contributed by atoms with Crippen molar-refractivity contribution in [1.29, 1.82) is 0 Å². The van der Waals surface area contributed by atoms with E-state index in [1.807, 2.05) is 6.92 Å². The van der Waals surface area contributed by atoms with Gasteiger partial charge in [-0.3, -0.25) is 0 Å². The highest BCUT2D eigenvalue weighted by atomic mass is 35.5. The molecule has 0 unspecified atom stereocenters. The monoisotopic (exact) mass is 307 g/mol. The maximum Gasteiger partial charge on any atom is 0.322 e. The Morgan fingerprint density at radius 1 is 1.43 bits per heavy atom. The summed E-state index contributed by atoms with van der Waals surface area (Å²) in [6, 6.07) is 5.30. The molecule has 1 fully saturated rings. The molecule has 2 aromatic rings. The van der Waals surface area contributed by atoms with Crippen molar-refractivity contribution in [2.75, 3.05) is 0 Å². The molecule has 1 saturated carbocycles. The van der Waals surface area contributed by atoms with Gasteiger partial charge in [-0.2, -0.15) is 4.98 Å². The zero-order valence-corrected chi connectivity index (χ0v) is 12.3. The Balaban J connectivity index is 1.73. The molecule has 0 amide bonds. The number of hydrogen-bond acceptors (Lipinski definition) is 4. The van der Waals surface area contributed by atoms with E-state index in [4.69, 9.17) is 16.3 Å². The maximum atomic E-state index is 13.8. The Morgan fingerprint density at radius 2 is 2.24 bits per heavy atom. The van der Waals surface area contributed by atoms with E-state index >= 15 is 0 Å². The van der Waals surface area contributed by atoms with Crippen LogP contribution >= 0.6 is 11.6 Å². The van der Waals surface area contributed by atoms with Crippen LogP contribution in [-0.2, 0) is 6.54 Å². The Morgan fingerprint density at radius 3 is 2.95 bits per heavy atom. The summed E-state index contributed by atoms with van der Waals surface area (Å²) in [5.41, 5.74) is 1.83. The van der Waals surface area contributed by atoms with Crippen molar-refractivity contribution >= 4 is 11.6 Å². The molecule has 110 valence electrons. The van der Waals surface area contributed by atoms with Gasteiger partial charge in [0.1, 0.15) is 0 Å². The van der Waals surface area contributed by atoms with Crippen LogP contribution in [0.1, 0.15) is 24.1 Å². The third kappa shape index (κ3) is 3.49. The highest BCUT2D eigenvalue weighted by Gasteiger charge is 2.20. The van der Waals surface area contributed by atoms with Gasteiger partial charge in [-0.1, -0.05) is 17.7 Å². The predicted octanol–water partition coefficient (Wildman–Crippen LogP) is 3.62. The minimum Gasteiger partial charge on any atom is -0.421 e. The zero-order chi connectivity index (χ0) is 14.8. The van der Waals surface area contributed by atoms with Gasteiger partial charge in [0.25, 0.3) is 0 Å². The van der Waals surface area contributed by atoms with Crippen LogP contribution in [0, 0.1) is 12.7 Å². The predicted molar refractivity (Wildman–Crippen MR) is 78.1 cm³/mol. The first-order chi connectivity index (χ1) is 10.1. The standard InChI is InChI=1S/C15H15ClFN3O/c1-9-10(7-18-11-5-6-11)8-19-15(20-9)21-13-4-2-3-12(16)14(13)17/h2-4,8,11,18H,5-7H2,1H3. The number of rotatable bonds is 5. The van der Waals surface area contributed by atoms with Crippen molar-refractivity contribution in [1.82, 2.24) is 15.3 Å². The van der Waals surface area contributed by atoms with Gasteiger partial charge in [0, 0.05) is 30.0 Å². The highest BCUT2D eigenvalue weighted by molar-refractivity contribution is 6.30. The minimum absolute atomic E-state index is 0.00877. The Bertz CT molecular complexity index is 661. The summed E-state index contributed by atoms with van der Waals surface area (Å²) < 4.78 is 19.1. The largest absolute Gasteiger partial charge is 0.421 e. The summed E-state index contributed by atoms with van der Waals surface area (Å²) in [5.74, 6) is -0.592. The third-order valence-corrected chi connectivity index (χ3v) is 3.63. The lowest BCUT2D eigenvalue weighted by Gasteiger charge is -2.09. The van der Waals surface area contributed by atoms with E-state index in [1.165, 1.54) is 25.0 Å². The summed E-state index contributed by atoms with van der Waals surface area (Å²) in [6.45, 7) is 2.62. The van der Waals surface area contributed by atoms with E-state index in [0.717, 1.165) is 17.8 Å². The molecule has 6 heteroatoms. The van der Waals surface area contributed by atoms with Gasteiger partial charge in [-0.25, -0.2) is 9.37 Å². The number of hydrogen-bond donors (Lipinski definition) is 1. The highest BCUT2D eigenvalue weighted by Crippen LogP contribution is 2.27. The maximum absolute atomic E-state index is 13.8. The van der Waals surface area contributed by atoms with Crippen LogP contribution in [0.25, 0.3) is 0 Å². The van der Waals surface area contributed by atoms with Crippen molar-refractivity contribution in [2.24, 2.45) is 0 Å². The van der Waals surface area contributed by atoms with Crippen molar-refractivity contribution in [2.45, 2.75) is 32.4 Å². The molecule has 1 aliphatic rings. The summed E-state index contributed by atoms with van der Waals surface area (Å²) in [4.78, 5) is 8.38. The van der Waals surface area contributed by atoms with Crippen LogP contribution in [0.2, 0.25) is 5.02 Å². The quantitative estimate of drug-likeness (QED) is 0.916. The van der Waals surface area contributed by atoms with E-state index in [0.29, 0.717) is 6.04 Å². The number of benzene rings is 1. The second-order valence-electron chi connectivity index (χ2n) is 5.07. The molecule has 0 spiro atoms. The lowest BCUT2D eigenvalue weighted by atomic mass is 10.2. The first kappa shape index (κ1) is 14.2. The topological polar surface area (TPSA) is 47.0 Å². The summed E-state index contributed by atoms with van der Waals surface area (Å²) in [5, 5.41) is 3.41. The zero-order valence-electron chi connectivity index (χ0n) is 11.6. The smallest absolute Gasteiger partial charge is 0.322 e. The van der Waals surface area contributed by atoms with Gasteiger partial charge in [-0.15, -0.1) is 0 Å². The van der Waals surface area contributed by atoms with Gasteiger partial charge in [0.15, 0.2) is 11.6 Å². The van der Waals surface area contributed by atoms with Crippen LogP contribution in [0.3, 0.4) is 0 Å². The van der Waals surface area contributed by atoms with Crippen molar-refractivity contribution < 1.29 is 9.13 Å². The minimum atomic E-state index is -0.611. The van der Waals surface area contributed by atoms with E-state index in [2.05, 4.69) is 15.3 Å². The molecule has 21 heavy (non-hydrogen) atoms. The molecule has 0 atom stereocenters. The fraction of sp³-hybridized carbons (Fsp3) is 0.333. The first-order valence-electron chi connectivity index (χ1n) is 6.81. The number of halogens is 2. The molecule has 0 aliphatic heterocycles. The molecule has 1 N–H and O–H groups in total. The molecule has 0 bridgehead atoms. The SMILES string of the molecule is Cc1nc(Oc2cccc(Cl)c2F)ncc1CNC1CC1. The van der Waals surface area contributed by atoms with Gasteiger partial charge in [-0.05, 0) is 31.9 Å². The van der Waals surface area contributed by atoms with Crippen molar-refractivity contribution in [3.8, 4) is 11.8 Å². The van der Waals surface area contributed by atoms with Crippen LogP contribution in [0.4, 0.5) is 4.39 Å². The fourth-order valence-corrected chi connectivity index (χ4v) is 2.06. The lowest BCUT2D eigenvalue weighted by Crippen LogP contribution is -2.16. The average Bonchev–Trinajstić information content (AvgIpc) is 3.27. The number of ether oxygens (including phenoxy) is 1. The van der Waals surface area contributed by atoms with Crippen molar-refractivity contribution in [3.05, 3.63) is 46.5 Å². The van der Waals surface area contributed by atoms with Crippen LogP contribution in [0.15, 0.2) is 24.4 Å². The molecular weight excluding hydrogens is 293 g/mol. The molecule has 3 rings (SSSR count). The van der Waals surface area contributed by atoms with Gasteiger partial charge in [0.2, 0.25) is 0 Å². The molecule has 0 saturated heterocycles. The number of nitrogens with zero attached hydrogens (tertiary/aromatic N) is 2. The molecule has 4 nitrogen and oxygen atoms in total. The number of nitrogens with one attached hydrogen (secondary N) is 1. The molecule has 0 radical (unpaired) electrons. The second kappa shape index (κ2) is 5.95. The Hall–Kier alpha value is -1.72. The van der Waals surface area contributed by atoms with E-state index < -0.39 is 5.82 Å². The van der Waals surface area contributed by atoms with Crippen molar-refractivity contribution in [3.63, 3.8) is 0 Å². The van der Waals surface area contributed by atoms with Crippen LogP contribution in [0.5, 0.6) is 11.8 Å². The molecule has 1 aromatic heterocycles. The molecular formula is C15H15ClFN3O. The van der Waals surface area contributed by atoms with E-state index in [-0.39, 0.29) is 16.8 Å². The van der Waals surface area contributed by atoms with Gasteiger partial charge in [0.05, 0.1) is 5.02 Å². The third-order valence-electron chi connectivity index (χ3n) is 3.33. The fourth-order valence-electron chi connectivity index (χ4n) is 1.90. The Labute approximate surface area is 127 Å². The normalized spacial score (nSPS) is 14.2. The lowest BCUT2D eigenvalue weighted by molar-refractivity contribution is 0.409. The molecule has 1 heterocycles. The number of aromatic nitrogens is 2. The molecule has 1 aliphatic carbocycles. The van der Waals surface area contributed by atoms with E-state index in [9.17, 15) is 4.39 Å². The molecule has 1 aromatic carbocycles. The first-order valence-corrected chi connectivity index (χ1v) is 7.19. The van der Waals surface area contributed by atoms with Crippen LogP contribution < -0.4 is 10.1 Å². The second-order valence-corrected chi connectivity index (χ2v) is 5.48. The van der Waals surface area contributed by atoms with Gasteiger partial charge >= 0.3 is 6.01 Å². The summed E-state index contributed by atoms with van der Waals surface area (Å²) in [6.07, 6.45) is 4.17. The average molecular weight is 308 g/mol. The van der Waals surface area contributed by atoms with Crippen LogP contribution in [-0.4, -0.2) is 16.0 Å². The van der Waals surface area contributed by atoms with E-state index in [1.54, 1.807) is 12.3 Å².